The average molecular weight is 495 g/mol. The van der Waals surface area contributed by atoms with Crippen LogP contribution in [0.2, 0.25) is 0 Å². The minimum absolute atomic E-state index is 0.0802. The molecule has 4 nitrogen and oxygen atoms in total. The number of hydrogen-bond donors (Lipinski definition) is 4. The Bertz CT molecular complexity index is 1280. The van der Waals surface area contributed by atoms with Gasteiger partial charge in [-0.2, -0.15) is 0 Å². The summed E-state index contributed by atoms with van der Waals surface area (Å²) in [6.07, 6.45) is 5.35. The summed E-state index contributed by atoms with van der Waals surface area (Å²) in [4.78, 5) is 0. The van der Waals surface area contributed by atoms with Crippen LogP contribution in [-0.4, -0.2) is 20.4 Å². The SMILES string of the molecule is CCCC1CCCCC1(c1c(-c2ccccc2)ccc(O)c1O)c1c(-c2ccccc2)ccc(O)c1O. The molecule has 190 valence electrons. The van der Waals surface area contributed by atoms with Crippen molar-refractivity contribution in [2.75, 3.05) is 0 Å². The molecule has 0 aromatic heterocycles. The Balaban J connectivity index is 1.94. The van der Waals surface area contributed by atoms with Crippen molar-refractivity contribution in [3.63, 3.8) is 0 Å². The highest BCUT2D eigenvalue weighted by Crippen LogP contribution is 2.61. The van der Waals surface area contributed by atoms with Gasteiger partial charge in [0.15, 0.2) is 23.0 Å². The maximum atomic E-state index is 11.6. The van der Waals surface area contributed by atoms with Gasteiger partial charge in [0.25, 0.3) is 0 Å². The van der Waals surface area contributed by atoms with E-state index in [0.29, 0.717) is 17.5 Å². The molecule has 0 bridgehead atoms. The minimum atomic E-state index is -0.837. The molecule has 4 aromatic rings. The van der Waals surface area contributed by atoms with Crippen molar-refractivity contribution < 1.29 is 20.4 Å². The lowest BCUT2D eigenvalue weighted by Crippen LogP contribution is -2.40. The van der Waals surface area contributed by atoms with Crippen LogP contribution in [0, 0.1) is 5.92 Å². The second-order valence-corrected chi connectivity index (χ2v) is 10.1. The standard InChI is InChI=1S/C33H34O4/c1-2-11-24-16-9-10-21-33(24,29-25(17-19-27(34)31(29)36)22-12-5-3-6-13-22)30-26(18-20-28(35)32(30)37)23-14-7-4-8-15-23/h3-8,12-15,17-20,24,34-37H,2,9-11,16,21H2,1H3. The molecule has 1 atom stereocenters. The predicted molar refractivity (Wildman–Crippen MR) is 148 cm³/mol. The molecule has 0 heterocycles. The molecule has 1 saturated carbocycles. The molecular formula is C33H34O4. The molecule has 1 fully saturated rings. The molecule has 0 aliphatic heterocycles. The normalized spacial score (nSPS) is 16.9. The average Bonchev–Trinajstić information content (AvgIpc) is 2.93. The van der Waals surface area contributed by atoms with Crippen LogP contribution < -0.4 is 0 Å². The van der Waals surface area contributed by atoms with E-state index < -0.39 is 5.41 Å². The Kier molecular flexibility index (Phi) is 6.84. The minimum Gasteiger partial charge on any atom is -0.504 e. The van der Waals surface area contributed by atoms with E-state index in [9.17, 15) is 20.4 Å². The van der Waals surface area contributed by atoms with Crippen molar-refractivity contribution in [1.29, 1.82) is 0 Å². The topological polar surface area (TPSA) is 80.9 Å². The fraction of sp³-hybridized carbons (Fsp3) is 0.273. The second-order valence-electron chi connectivity index (χ2n) is 10.1. The lowest BCUT2D eigenvalue weighted by atomic mass is 9.55. The molecule has 37 heavy (non-hydrogen) atoms. The molecule has 1 unspecified atom stereocenters. The van der Waals surface area contributed by atoms with Crippen molar-refractivity contribution in [1.82, 2.24) is 0 Å². The van der Waals surface area contributed by atoms with Crippen LogP contribution in [0.4, 0.5) is 0 Å². The molecule has 0 radical (unpaired) electrons. The van der Waals surface area contributed by atoms with E-state index in [1.54, 1.807) is 0 Å². The zero-order valence-electron chi connectivity index (χ0n) is 21.2. The first kappa shape index (κ1) is 24.8. The maximum absolute atomic E-state index is 11.6. The van der Waals surface area contributed by atoms with Gasteiger partial charge in [0.2, 0.25) is 0 Å². The van der Waals surface area contributed by atoms with Gasteiger partial charge in [-0.15, -0.1) is 0 Å². The van der Waals surface area contributed by atoms with Crippen molar-refractivity contribution in [3.05, 3.63) is 96.1 Å². The van der Waals surface area contributed by atoms with Gasteiger partial charge in [0, 0.05) is 16.5 Å². The first-order valence-electron chi connectivity index (χ1n) is 13.2. The fourth-order valence-electron chi connectivity index (χ4n) is 6.55. The van der Waals surface area contributed by atoms with Gasteiger partial charge in [-0.25, -0.2) is 0 Å². The Morgan fingerprint density at radius 2 is 1.14 bits per heavy atom. The van der Waals surface area contributed by atoms with E-state index in [1.165, 1.54) is 12.1 Å². The molecule has 0 spiro atoms. The van der Waals surface area contributed by atoms with Crippen LogP contribution in [0.1, 0.15) is 56.6 Å². The van der Waals surface area contributed by atoms with Crippen molar-refractivity contribution >= 4 is 0 Å². The summed E-state index contributed by atoms with van der Waals surface area (Å²) in [6, 6.07) is 26.5. The molecule has 4 aromatic carbocycles. The van der Waals surface area contributed by atoms with Gasteiger partial charge in [0.05, 0.1) is 0 Å². The van der Waals surface area contributed by atoms with E-state index in [0.717, 1.165) is 54.4 Å². The van der Waals surface area contributed by atoms with E-state index in [2.05, 4.69) is 6.92 Å². The Morgan fingerprint density at radius 1 is 0.649 bits per heavy atom. The monoisotopic (exact) mass is 494 g/mol. The van der Waals surface area contributed by atoms with E-state index in [4.69, 9.17) is 0 Å². The molecule has 0 saturated heterocycles. The lowest BCUT2D eigenvalue weighted by Gasteiger charge is -2.47. The fourth-order valence-corrected chi connectivity index (χ4v) is 6.55. The van der Waals surface area contributed by atoms with Crippen molar-refractivity contribution in [3.8, 4) is 45.3 Å². The smallest absolute Gasteiger partial charge is 0.162 e. The number of phenolic OH excluding ortho intramolecular Hbond substituents is 4. The van der Waals surface area contributed by atoms with Gasteiger partial charge in [-0.3, -0.25) is 0 Å². The van der Waals surface area contributed by atoms with E-state index in [-0.39, 0.29) is 28.9 Å². The molecule has 1 aliphatic carbocycles. The van der Waals surface area contributed by atoms with Crippen molar-refractivity contribution in [2.24, 2.45) is 5.92 Å². The maximum Gasteiger partial charge on any atom is 0.162 e. The third kappa shape index (κ3) is 4.21. The summed E-state index contributed by atoms with van der Waals surface area (Å²) in [5.74, 6) is -0.611. The van der Waals surface area contributed by atoms with Gasteiger partial charge in [-0.05, 0) is 59.6 Å². The van der Waals surface area contributed by atoms with E-state index in [1.807, 2.05) is 72.8 Å². The predicted octanol–water partition coefficient (Wildman–Crippen LogP) is 8.12. The summed E-state index contributed by atoms with van der Waals surface area (Å²) in [7, 11) is 0. The van der Waals surface area contributed by atoms with Crippen LogP contribution in [-0.2, 0) is 5.41 Å². The summed E-state index contributed by atoms with van der Waals surface area (Å²) in [5, 5.41) is 44.9. The number of aromatic hydroxyl groups is 4. The van der Waals surface area contributed by atoms with Gasteiger partial charge in [-0.1, -0.05) is 99.0 Å². The first-order valence-corrected chi connectivity index (χ1v) is 13.2. The third-order valence-electron chi connectivity index (χ3n) is 8.08. The summed E-state index contributed by atoms with van der Waals surface area (Å²) >= 11 is 0. The molecule has 4 N–H and O–H groups in total. The number of phenols is 4. The zero-order valence-corrected chi connectivity index (χ0v) is 21.2. The van der Waals surface area contributed by atoms with Crippen molar-refractivity contribution in [2.45, 2.75) is 50.9 Å². The Labute approximate surface area is 218 Å². The molecule has 0 amide bonds. The summed E-state index contributed by atoms with van der Waals surface area (Å²) < 4.78 is 0. The summed E-state index contributed by atoms with van der Waals surface area (Å²) in [6.45, 7) is 2.15. The second kappa shape index (κ2) is 10.2. The Hall–Kier alpha value is -3.92. The van der Waals surface area contributed by atoms with Crippen LogP contribution >= 0.6 is 0 Å². The highest BCUT2D eigenvalue weighted by atomic mass is 16.3. The van der Waals surface area contributed by atoms with Crippen LogP contribution in [0.5, 0.6) is 23.0 Å². The molecule has 4 heteroatoms. The highest BCUT2D eigenvalue weighted by Gasteiger charge is 2.49. The molecular weight excluding hydrogens is 460 g/mol. The third-order valence-corrected chi connectivity index (χ3v) is 8.08. The van der Waals surface area contributed by atoms with Gasteiger partial charge in [0.1, 0.15) is 0 Å². The summed E-state index contributed by atoms with van der Waals surface area (Å²) in [5.41, 5.74) is 3.89. The number of hydrogen-bond acceptors (Lipinski definition) is 4. The molecule has 5 rings (SSSR count). The Morgan fingerprint density at radius 3 is 1.59 bits per heavy atom. The van der Waals surface area contributed by atoms with Gasteiger partial charge >= 0.3 is 0 Å². The lowest BCUT2D eigenvalue weighted by molar-refractivity contribution is 0.201. The van der Waals surface area contributed by atoms with Crippen LogP contribution in [0.15, 0.2) is 84.9 Å². The van der Waals surface area contributed by atoms with Gasteiger partial charge < -0.3 is 20.4 Å². The number of rotatable bonds is 6. The van der Waals surface area contributed by atoms with Crippen LogP contribution in [0.25, 0.3) is 22.3 Å². The zero-order chi connectivity index (χ0) is 26.0. The largest absolute Gasteiger partial charge is 0.504 e. The highest BCUT2D eigenvalue weighted by molar-refractivity contribution is 5.81. The first-order chi connectivity index (χ1) is 18.0. The molecule has 1 aliphatic rings. The number of benzene rings is 4. The quantitative estimate of drug-likeness (QED) is 0.204. The van der Waals surface area contributed by atoms with Crippen LogP contribution in [0.3, 0.4) is 0 Å². The van der Waals surface area contributed by atoms with E-state index >= 15 is 0 Å².